The summed E-state index contributed by atoms with van der Waals surface area (Å²) in [5.74, 6) is 0.792. The molecule has 2 heterocycles. The van der Waals surface area contributed by atoms with Crippen LogP contribution in [0.3, 0.4) is 0 Å². The van der Waals surface area contributed by atoms with Gasteiger partial charge in [0.15, 0.2) is 0 Å². The number of hydrogen-bond acceptors (Lipinski definition) is 3. The highest BCUT2D eigenvalue weighted by Crippen LogP contribution is 2.32. The smallest absolute Gasteiger partial charge is 0.131 e. The van der Waals surface area contributed by atoms with Crippen molar-refractivity contribution in [3.05, 3.63) is 53.2 Å². The first-order valence-corrected chi connectivity index (χ1v) is 7.42. The van der Waals surface area contributed by atoms with Crippen molar-refractivity contribution in [1.82, 2.24) is 14.9 Å². The third-order valence-corrected chi connectivity index (χ3v) is 4.60. The van der Waals surface area contributed by atoms with Crippen molar-refractivity contribution in [1.29, 1.82) is 0 Å². The van der Waals surface area contributed by atoms with E-state index in [0.717, 1.165) is 27.3 Å². The van der Waals surface area contributed by atoms with Gasteiger partial charge in [0.05, 0.1) is 0 Å². The normalized spacial score (nSPS) is 12.9. The molecular formula is C15H16FN3S. The molecule has 3 aromatic rings. The fourth-order valence-corrected chi connectivity index (χ4v) is 3.58. The molecule has 3 rings (SSSR count). The minimum atomic E-state index is -0.196. The molecule has 3 nitrogen and oxygen atoms in total. The van der Waals surface area contributed by atoms with Crippen molar-refractivity contribution in [3.63, 3.8) is 0 Å². The van der Waals surface area contributed by atoms with E-state index >= 15 is 0 Å². The molecule has 0 spiro atoms. The van der Waals surface area contributed by atoms with Crippen LogP contribution in [0.1, 0.15) is 23.7 Å². The summed E-state index contributed by atoms with van der Waals surface area (Å²) in [5, 5.41) is 4.25. The Morgan fingerprint density at radius 1 is 1.40 bits per heavy atom. The van der Waals surface area contributed by atoms with Crippen LogP contribution in [0.4, 0.5) is 4.39 Å². The SMILES string of the molecule is CCn1ccnc1C(NC)c1cc2cc(F)ccc2s1. The van der Waals surface area contributed by atoms with Gasteiger partial charge in [0.1, 0.15) is 17.7 Å². The number of thiophene rings is 1. The predicted molar refractivity (Wildman–Crippen MR) is 80.6 cm³/mol. The standard InChI is InChI=1S/C15H16FN3S/c1-3-19-7-6-18-15(19)14(17-2)13-9-10-8-11(16)4-5-12(10)20-13/h4-9,14,17H,3H2,1-2H3. The third kappa shape index (κ3) is 2.23. The summed E-state index contributed by atoms with van der Waals surface area (Å²) in [6.07, 6.45) is 3.79. The highest BCUT2D eigenvalue weighted by molar-refractivity contribution is 7.19. The zero-order chi connectivity index (χ0) is 14.1. The molecule has 1 aromatic carbocycles. The first-order chi connectivity index (χ1) is 9.72. The maximum absolute atomic E-state index is 13.3. The molecule has 20 heavy (non-hydrogen) atoms. The van der Waals surface area contributed by atoms with Gasteiger partial charge < -0.3 is 9.88 Å². The number of aromatic nitrogens is 2. The summed E-state index contributed by atoms with van der Waals surface area (Å²) in [5.41, 5.74) is 0. The summed E-state index contributed by atoms with van der Waals surface area (Å²) < 4.78 is 16.5. The molecule has 0 amide bonds. The van der Waals surface area contributed by atoms with E-state index < -0.39 is 0 Å². The van der Waals surface area contributed by atoms with Gasteiger partial charge in [-0.25, -0.2) is 9.37 Å². The minimum absolute atomic E-state index is 0.0328. The second kappa shape index (κ2) is 5.34. The van der Waals surface area contributed by atoms with Crippen LogP contribution in [0.5, 0.6) is 0 Å². The van der Waals surface area contributed by atoms with Gasteiger partial charge in [-0.05, 0) is 43.6 Å². The van der Waals surface area contributed by atoms with Crippen LogP contribution < -0.4 is 5.32 Å². The maximum Gasteiger partial charge on any atom is 0.131 e. The largest absolute Gasteiger partial charge is 0.334 e. The van der Waals surface area contributed by atoms with Crippen molar-refractivity contribution < 1.29 is 4.39 Å². The van der Waals surface area contributed by atoms with Crippen molar-refractivity contribution in [2.75, 3.05) is 7.05 Å². The number of hydrogen-bond donors (Lipinski definition) is 1. The average Bonchev–Trinajstić information content (AvgIpc) is 3.05. The Morgan fingerprint density at radius 2 is 2.25 bits per heavy atom. The van der Waals surface area contributed by atoms with E-state index in [1.54, 1.807) is 17.4 Å². The average molecular weight is 289 g/mol. The third-order valence-electron chi connectivity index (χ3n) is 3.42. The van der Waals surface area contributed by atoms with Gasteiger partial charge in [-0.15, -0.1) is 11.3 Å². The van der Waals surface area contributed by atoms with Crippen LogP contribution in [0, 0.1) is 5.82 Å². The lowest BCUT2D eigenvalue weighted by atomic mass is 10.2. The zero-order valence-electron chi connectivity index (χ0n) is 11.4. The molecule has 1 atom stereocenters. The highest BCUT2D eigenvalue weighted by atomic mass is 32.1. The molecule has 104 valence electrons. The Bertz CT molecular complexity index is 732. The molecule has 0 radical (unpaired) electrons. The topological polar surface area (TPSA) is 29.9 Å². The van der Waals surface area contributed by atoms with Crippen molar-refractivity contribution >= 4 is 21.4 Å². The number of rotatable bonds is 4. The molecule has 1 unspecified atom stereocenters. The van der Waals surface area contributed by atoms with Crippen LogP contribution in [0.25, 0.3) is 10.1 Å². The molecule has 5 heteroatoms. The van der Waals surface area contributed by atoms with Crippen LogP contribution in [0.2, 0.25) is 0 Å². The second-order valence-corrected chi connectivity index (χ2v) is 5.74. The first kappa shape index (κ1) is 13.3. The van der Waals surface area contributed by atoms with Crippen LogP contribution in [-0.2, 0) is 6.54 Å². The number of fused-ring (bicyclic) bond motifs is 1. The van der Waals surface area contributed by atoms with Crippen LogP contribution >= 0.6 is 11.3 Å². The molecule has 0 saturated carbocycles. The molecule has 0 aliphatic carbocycles. The van der Waals surface area contributed by atoms with Gasteiger partial charge in [0.2, 0.25) is 0 Å². The summed E-state index contributed by atoms with van der Waals surface area (Å²) in [7, 11) is 1.92. The molecule has 0 fully saturated rings. The predicted octanol–water partition coefficient (Wildman–Crippen LogP) is 3.57. The number of halogens is 1. The molecule has 2 aromatic heterocycles. The molecule has 1 N–H and O–H groups in total. The van der Waals surface area contributed by atoms with E-state index in [4.69, 9.17) is 0 Å². The molecule has 0 aliphatic heterocycles. The lowest BCUT2D eigenvalue weighted by molar-refractivity contribution is 0.597. The van der Waals surface area contributed by atoms with Crippen molar-refractivity contribution in [3.8, 4) is 0 Å². The van der Waals surface area contributed by atoms with Gasteiger partial charge in [-0.2, -0.15) is 0 Å². The summed E-state index contributed by atoms with van der Waals surface area (Å²) in [6, 6.07) is 6.99. The van der Waals surface area contributed by atoms with Crippen LogP contribution in [-0.4, -0.2) is 16.6 Å². The van der Waals surface area contributed by atoms with Gasteiger partial charge in [0, 0.05) is 28.5 Å². The van der Waals surface area contributed by atoms with Crippen molar-refractivity contribution in [2.24, 2.45) is 0 Å². The van der Waals surface area contributed by atoms with E-state index in [-0.39, 0.29) is 11.9 Å². The Balaban J connectivity index is 2.07. The zero-order valence-corrected chi connectivity index (χ0v) is 12.2. The van der Waals surface area contributed by atoms with E-state index in [1.807, 2.05) is 31.6 Å². The Labute approximate surface area is 121 Å². The minimum Gasteiger partial charge on any atom is -0.334 e. The highest BCUT2D eigenvalue weighted by Gasteiger charge is 2.19. The Hall–Kier alpha value is -1.72. The lowest BCUT2D eigenvalue weighted by Gasteiger charge is -2.15. The fourth-order valence-electron chi connectivity index (χ4n) is 2.42. The molecule has 0 bridgehead atoms. The van der Waals surface area contributed by atoms with Gasteiger partial charge in [0.25, 0.3) is 0 Å². The second-order valence-electron chi connectivity index (χ2n) is 4.62. The lowest BCUT2D eigenvalue weighted by Crippen LogP contribution is -2.20. The van der Waals surface area contributed by atoms with Crippen LogP contribution in [0.15, 0.2) is 36.7 Å². The number of imidazole rings is 1. The van der Waals surface area contributed by atoms with E-state index in [1.165, 1.54) is 6.07 Å². The Kier molecular flexibility index (Phi) is 3.54. The molecule has 0 aliphatic rings. The summed E-state index contributed by atoms with van der Waals surface area (Å²) in [6.45, 7) is 2.98. The Morgan fingerprint density at radius 3 is 3.00 bits per heavy atom. The summed E-state index contributed by atoms with van der Waals surface area (Å²) in [4.78, 5) is 5.60. The number of benzene rings is 1. The number of nitrogens with zero attached hydrogens (tertiary/aromatic N) is 2. The van der Waals surface area contributed by atoms with E-state index in [0.29, 0.717) is 0 Å². The quantitative estimate of drug-likeness (QED) is 0.796. The molecule has 0 saturated heterocycles. The molecular weight excluding hydrogens is 273 g/mol. The van der Waals surface area contributed by atoms with E-state index in [9.17, 15) is 4.39 Å². The number of nitrogens with one attached hydrogen (secondary N) is 1. The maximum atomic E-state index is 13.3. The summed E-state index contributed by atoms with van der Waals surface area (Å²) >= 11 is 1.67. The van der Waals surface area contributed by atoms with E-state index in [2.05, 4.69) is 21.8 Å². The van der Waals surface area contributed by atoms with Crippen molar-refractivity contribution in [2.45, 2.75) is 19.5 Å². The first-order valence-electron chi connectivity index (χ1n) is 6.60. The monoisotopic (exact) mass is 289 g/mol. The number of aryl methyl sites for hydroxylation is 1. The fraction of sp³-hybridized carbons (Fsp3) is 0.267. The van der Waals surface area contributed by atoms with Gasteiger partial charge in [-0.3, -0.25) is 0 Å². The van der Waals surface area contributed by atoms with Gasteiger partial charge in [-0.1, -0.05) is 0 Å². The van der Waals surface area contributed by atoms with Gasteiger partial charge >= 0.3 is 0 Å².